The highest BCUT2D eigenvalue weighted by molar-refractivity contribution is 5.55. The summed E-state index contributed by atoms with van der Waals surface area (Å²) in [4.78, 5) is 5.78. The van der Waals surface area contributed by atoms with Crippen LogP contribution in [0.15, 0.2) is 72.9 Å². The molecule has 0 aliphatic heterocycles. The minimum atomic E-state index is 0.402. The van der Waals surface area contributed by atoms with Crippen LogP contribution in [0.5, 0.6) is 5.75 Å². The molecule has 1 saturated carbocycles. The van der Waals surface area contributed by atoms with Crippen LogP contribution in [0.1, 0.15) is 35.6 Å². The van der Waals surface area contributed by atoms with Crippen molar-refractivity contribution in [2.75, 3.05) is 0 Å². The monoisotopic (exact) mass is 397 g/mol. The van der Waals surface area contributed by atoms with Gasteiger partial charge in [-0.3, -0.25) is 4.98 Å². The van der Waals surface area contributed by atoms with Crippen molar-refractivity contribution in [2.45, 2.75) is 25.4 Å². The molecular formula is C24H23N5O. The zero-order valence-electron chi connectivity index (χ0n) is 16.8. The number of nitrogens with zero attached hydrogens (tertiary/aromatic N) is 5. The van der Waals surface area contributed by atoms with Crippen molar-refractivity contribution in [3.8, 4) is 17.1 Å². The number of rotatable bonds is 7. The van der Waals surface area contributed by atoms with Crippen molar-refractivity contribution in [3.05, 3.63) is 89.7 Å². The Bertz CT molecular complexity index is 1100. The van der Waals surface area contributed by atoms with Crippen LogP contribution in [0, 0.1) is 5.92 Å². The van der Waals surface area contributed by atoms with Gasteiger partial charge in [0.1, 0.15) is 12.4 Å². The van der Waals surface area contributed by atoms with Gasteiger partial charge in [0.15, 0.2) is 0 Å². The van der Waals surface area contributed by atoms with E-state index in [1.165, 1.54) is 28.8 Å². The summed E-state index contributed by atoms with van der Waals surface area (Å²) in [6.07, 6.45) is 4.33. The van der Waals surface area contributed by atoms with E-state index in [0.29, 0.717) is 24.3 Å². The maximum Gasteiger partial charge on any atom is 0.204 e. The SMILES string of the molecule is Cn1nnc(-c2ccc(C(c3ccc(OCc4ccccn4)cc3)C3CC3)cc2)n1. The molecule has 0 N–H and O–H groups in total. The molecule has 0 radical (unpaired) electrons. The summed E-state index contributed by atoms with van der Waals surface area (Å²) in [6.45, 7) is 0.476. The average molecular weight is 397 g/mol. The molecule has 1 atom stereocenters. The molecule has 2 aromatic heterocycles. The first-order chi connectivity index (χ1) is 14.8. The molecule has 1 aliphatic rings. The van der Waals surface area contributed by atoms with Crippen LogP contribution < -0.4 is 4.74 Å². The molecule has 4 aromatic rings. The predicted molar refractivity (Wildman–Crippen MR) is 114 cm³/mol. The third-order valence-corrected chi connectivity index (χ3v) is 5.48. The predicted octanol–water partition coefficient (Wildman–Crippen LogP) is 4.39. The van der Waals surface area contributed by atoms with Gasteiger partial charge in [-0.05, 0) is 59.4 Å². The van der Waals surface area contributed by atoms with E-state index < -0.39 is 0 Å². The van der Waals surface area contributed by atoms with E-state index in [-0.39, 0.29) is 0 Å². The standard InChI is InChI=1S/C24H23N5O/c1-29-27-24(26-28-29)20-9-7-18(8-10-20)23(17-5-6-17)19-11-13-22(14-12-19)30-16-21-4-2-3-15-25-21/h2-4,7-15,17,23H,5-6,16H2,1H3. The Labute approximate surface area is 175 Å². The van der Waals surface area contributed by atoms with Crippen LogP contribution in [0.3, 0.4) is 0 Å². The van der Waals surface area contributed by atoms with Crippen molar-refractivity contribution in [2.24, 2.45) is 13.0 Å². The van der Waals surface area contributed by atoms with Gasteiger partial charge in [-0.2, -0.15) is 4.80 Å². The number of aromatic nitrogens is 5. The van der Waals surface area contributed by atoms with Gasteiger partial charge >= 0.3 is 0 Å². The third kappa shape index (κ3) is 4.08. The van der Waals surface area contributed by atoms with E-state index in [4.69, 9.17) is 4.74 Å². The minimum absolute atomic E-state index is 0.402. The van der Waals surface area contributed by atoms with Crippen LogP contribution in [0.25, 0.3) is 11.4 Å². The fraction of sp³-hybridized carbons (Fsp3) is 0.250. The molecule has 0 amide bonds. The number of benzene rings is 2. The van der Waals surface area contributed by atoms with Crippen molar-refractivity contribution < 1.29 is 4.74 Å². The molecular weight excluding hydrogens is 374 g/mol. The summed E-state index contributed by atoms with van der Waals surface area (Å²) in [5, 5.41) is 12.3. The highest BCUT2D eigenvalue weighted by Gasteiger charge is 2.33. The van der Waals surface area contributed by atoms with Crippen LogP contribution in [-0.4, -0.2) is 25.2 Å². The topological polar surface area (TPSA) is 65.7 Å². The first-order valence-corrected chi connectivity index (χ1v) is 10.2. The fourth-order valence-electron chi connectivity index (χ4n) is 3.82. The summed E-state index contributed by atoms with van der Waals surface area (Å²) in [7, 11) is 1.78. The summed E-state index contributed by atoms with van der Waals surface area (Å²) in [6, 6.07) is 22.9. The van der Waals surface area contributed by atoms with E-state index >= 15 is 0 Å². The van der Waals surface area contributed by atoms with E-state index in [1.54, 1.807) is 13.2 Å². The van der Waals surface area contributed by atoms with Gasteiger partial charge in [-0.15, -0.1) is 10.2 Å². The molecule has 2 aromatic carbocycles. The highest BCUT2D eigenvalue weighted by atomic mass is 16.5. The molecule has 1 aliphatic carbocycles. The Morgan fingerprint density at radius 3 is 2.30 bits per heavy atom. The van der Waals surface area contributed by atoms with E-state index in [0.717, 1.165) is 17.0 Å². The number of tetrazole rings is 1. The Morgan fingerprint density at radius 2 is 1.70 bits per heavy atom. The highest BCUT2D eigenvalue weighted by Crippen LogP contribution is 2.46. The first-order valence-electron chi connectivity index (χ1n) is 10.2. The van der Waals surface area contributed by atoms with Gasteiger partial charge < -0.3 is 4.74 Å². The zero-order chi connectivity index (χ0) is 20.3. The number of aryl methyl sites for hydroxylation is 1. The average Bonchev–Trinajstić information content (AvgIpc) is 3.53. The van der Waals surface area contributed by atoms with Crippen molar-refractivity contribution in [1.82, 2.24) is 25.2 Å². The molecule has 1 fully saturated rings. The Morgan fingerprint density at radius 1 is 0.967 bits per heavy atom. The number of hydrogen-bond acceptors (Lipinski definition) is 5. The molecule has 2 heterocycles. The van der Waals surface area contributed by atoms with E-state index in [9.17, 15) is 0 Å². The van der Waals surface area contributed by atoms with Crippen LogP contribution in [0.4, 0.5) is 0 Å². The third-order valence-electron chi connectivity index (χ3n) is 5.48. The Kier molecular flexibility index (Phi) is 4.97. The van der Waals surface area contributed by atoms with Gasteiger partial charge in [0.2, 0.25) is 5.82 Å². The van der Waals surface area contributed by atoms with Gasteiger partial charge in [-0.1, -0.05) is 42.5 Å². The fourth-order valence-corrected chi connectivity index (χ4v) is 3.82. The maximum atomic E-state index is 5.89. The quantitative estimate of drug-likeness (QED) is 0.463. The lowest BCUT2D eigenvalue weighted by molar-refractivity contribution is 0.301. The number of pyridine rings is 1. The number of hydrogen-bond donors (Lipinski definition) is 0. The molecule has 5 rings (SSSR count). The largest absolute Gasteiger partial charge is 0.487 e. The van der Waals surface area contributed by atoms with Crippen molar-refractivity contribution in [3.63, 3.8) is 0 Å². The normalized spacial score (nSPS) is 14.4. The van der Waals surface area contributed by atoms with E-state index in [1.807, 2.05) is 18.2 Å². The van der Waals surface area contributed by atoms with Crippen molar-refractivity contribution in [1.29, 1.82) is 0 Å². The number of ether oxygens (including phenoxy) is 1. The molecule has 6 nitrogen and oxygen atoms in total. The Balaban J connectivity index is 1.32. The second kappa shape index (κ2) is 8.06. The molecule has 0 spiro atoms. The van der Waals surface area contributed by atoms with Crippen LogP contribution >= 0.6 is 0 Å². The lowest BCUT2D eigenvalue weighted by Crippen LogP contribution is -2.04. The summed E-state index contributed by atoms with van der Waals surface area (Å²) < 4.78 is 5.89. The smallest absolute Gasteiger partial charge is 0.204 e. The zero-order valence-corrected chi connectivity index (χ0v) is 16.8. The first kappa shape index (κ1) is 18.5. The summed E-state index contributed by atoms with van der Waals surface area (Å²) >= 11 is 0. The maximum absolute atomic E-state index is 5.89. The van der Waals surface area contributed by atoms with Gasteiger partial charge in [0.25, 0.3) is 0 Å². The second-order valence-corrected chi connectivity index (χ2v) is 7.72. The molecule has 0 bridgehead atoms. The second-order valence-electron chi connectivity index (χ2n) is 7.72. The lowest BCUT2D eigenvalue weighted by atomic mass is 9.87. The van der Waals surface area contributed by atoms with Crippen molar-refractivity contribution >= 4 is 0 Å². The molecule has 150 valence electrons. The molecule has 1 unspecified atom stereocenters. The van der Waals surface area contributed by atoms with Gasteiger partial charge in [0, 0.05) is 17.7 Å². The van der Waals surface area contributed by atoms with Crippen LogP contribution in [-0.2, 0) is 13.7 Å². The molecule has 0 saturated heterocycles. The van der Waals surface area contributed by atoms with Gasteiger partial charge in [0.05, 0.1) is 12.7 Å². The summed E-state index contributed by atoms with van der Waals surface area (Å²) in [5.41, 5.74) is 4.56. The molecule has 6 heteroatoms. The van der Waals surface area contributed by atoms with Crippen LogP contribution in [0.2, 0.25) is 0 Å². The summed E-state index contributed by atoms with van der Waals surface area (Å²) in [5.74, 6) is 2.62. The minimum Gasteiger partial charge on any atom is -0.487 e. The molecule has 30 heavy (non-hydrogen) atoms. The van der Waals surface area contributed by atoms with E-state index in [2.05, 4.69) is 68.9 Å². The lowest BCUT2D eigenvalue weighted by Gasteiger charge is -2.18. The van der Waals surface area contributed by atoms with Gasteiger partial charge in [-0.25, -0.2) is 0 Å². The Hall–Kier alpha value is -3.54.